The lowest BCUT2D eigenvalue weighted by atomic mass is 9.98. The van der Waals surface area contributed by atoms with Gasteiger partial charge < -0.3 is 45.4 Å². The van der Waals surface area contributed by atoms with Crippen molar-refractivity contribution in [3.05, 3.63) is 0 Å². The highest BCUT2D eigenvalue weighted by Gasteiger charge is 2.44. The van der Waals surface area contributed by atoms with E-state index in [-0.39, 0.29) is 18.9 Å². The molecule has 0 bridgehead atoms. The zero-order chi connectivity index (χ0) is 46.0. The molecule has 1 rings (SSSR count). The lowest BCUT2D eigenvalue weighted by Gasteiger charge is -2.40. The first kappa shape index (κ1) is 60.2. The quantitative estimate of drug-likeness (QED) is 0.0294. The van der Waals surface area contributed by atoms with Gasteiger partial charge >= 0.3 is 0 Å². The van der Waals surface area contributed by atoms with Crippen molar-refractivity contribution in [3.63, 3.8) is 0 Å². The molecule has 1 fully saturated rings. The standard InChI is InChI=1S/C53H105NO9/c1-3-5-7-9-11-13-14-15-16-17-18-19-20-21-22-23-24-25-26-27-28-29-30-31-32-34-36-38-40-42-48(57)54-45(44-62-53-52(61)51(60)50(59)47(43-55)63-53)49(58)46(56)41-39-37-35-33-12-10-8-6-4-2/h45-47,49-53,55-56,58-61H,3-44H2,1-2H3,(H,54,57)/t45-,46+,47+,49-,50+,51?,52?,53+/m0/s1. The van der Waals surface area contributed by atoms with Crippen molar-refractivity contribution in [2.24, 2.45) is 0 Å². The number of unbranched alkanes of at least 4 members (excludes halogenated alkanes) is 36. The number of aliphatic hydroxyl groups is 6. The summed E-state index contributed by atoms with van der Waals surface area (Å²) in [5.41, 5.74) is 0. The van der Waals surface area contributed by atoms with E-state index in [1.165, 1.54) is 199 Å². The molecule has 7 N–H and O–H groups in total. The first-order chi connectivity index (χ1) is 30.8. The number of rotatable bonds is 47. The molecule has 0 aliphatic carbocycles. The maximum atomic E-state index is 13.0. The van der Waals surface area contributed by atoms with Gasteiger partial charge in [-0.2, -0.15) is 0 Å². The van der Waals surface area contributed by atoms with Crippen LogP contribution in [-0.2, 0) is 14.3 Å². The average molecular weight is 900 g/mol. The first-order valence-corrected chi connectivity index (χ1v) is 27.3. The molecule has 1 saturated heterocycles. The smallest absolute Gasteiger partial charge is 0.220 e. The van der Waals surface area contributed by atoms with Gasteiger partial charge in [-0.25, -0.2) is 0 Å². The second-order valence-electron chi connectivity index (χ2n) is 19.5. The van der Waals surface area contributed by atoms with E-state index < -0.39 is 55.6 Å². The minimum Gasteiger partial charge on any atom is -0.394 e. The van der Waals surface area contributed by atoms with Crippen molar-refractivity contribution in [3.8, 4) is 0 Å². The summed E-state index contributed by atoms with van der Waals surface area (Å²) in [6.07, 6.45) is 40.1. The molecule has 1 aliphatic rings. The molecule has 0 spiro atoms. The van der Waals surface area contributed by atoms with Gasteiger partial charge in [-0.15, -0.1) is 0 Å². The van der Waals surface area contributed by atoms with E-state index in [9.17, 15) is 35.4 Å². The van der Waals surface area contributed by atoms with E-state index in [4.69, 9.17) is 9.47 Å². The second-order valence-corrected chi connectivity index (χ2v) is 19.5. The van der Waals surface area contributed by atoms with Gasteiger partial charge in [0.15, 0.2) is 6.29 Å². The van der Waals surface area contributed by atoms with Gasteiger partial charge in [0.2, 0.25) is 5.91 Å². The van der Waals surface area contributed by atoms with E-state index >= 15 is 0 Å². The number of hydrogen-bond acceptors (Lipinski definition) is 9. The molecule has 63 heavy (non-hydrogen) atoms. The van der Waals surface area contributed by atoms with Gasteiger partial charge in [0.25, 0.3) is 0 Å². The number of hydrogen-bond donors (Lipinski definition) is 7. The zero-order valence-corrected chi connectivity index (χ0v) is 41.2. The van der Waals surface area contributed by atoms with Crippen LogP contribution >= 0.6 is 0 Å². The van der Waals surface area contributed by atoms with Crippen molar-refractivity contribution in [1.82, 2.24) is 5.32 Å². The number of carbonyl (C=O) groups is 1. The fourth-order valence-electron chi connectivity index (χ4n) is 9.14. The van der Waals surface area contributed by atoms with Crippen LogP contribution in [0.3, 0.4) is 0 Å². The number of nitrogens with one attached hydrogen (secondary N) is 1. The highest BCUT2D eigenvalue weighted by molar-refractivity contribution is 5.76. The molecular weight excluding hydrogens is 795 g/mol. The van der Waals surface area contributed by atoms with Gasteiger partial charge in [-0.05, 0) is 12.8 Å². The molecule has 0 aromatic heterocycles. The summed E-state index contributed by atoms with van der Waals surface area (Å²) in [6.45, 7) is 3.61. The third kappa shape index (κ3) is 33.3. The summed E-state index contributed by atoms with van der Waals surface area (Å²) in [5.74, 6) is -0.253. The van der Waals surface area contributed by atoms with Crippen molar-refractivity contribution in [2.75, 3.05) is 13.2 Å². The molecule has 376 valence electrons. The van der Waals surface area contributed by atoms with Crippen molar-refractivity contribution >= 4 is 5.91 Å². The van der Waals surface area contributed by atoms with Crippen molar-refractivity contribution in [1.29, 1.82) is 0 Å². The Morgan fingerprint density at radius 1 is 0.492 bits per heavy atom. The van der Waals surface area contributed by atoms with Crippen molar-refractivity contribution < 1.29 is 44.9 Å². The lowest BCUT2D eigenvalue weighted by molar-refractivity contribution is -0.303. The molecule has 1 amide bonds. The van der Waals surface area contributed by atoms with E-state index in [0.29, 0.717) is 6.42 Å². The summed E-state index contributed by atoms with van der Waals surface area (Å²) >= 11 is 0. The Hall–Kier alpha value is -0.850. The monoisotopic (exact) mass is 900 g/mol. The van der Waals surface area contributed by atoms with E-state index in [0.717, 1.165) is 44.9 Å². The first-order valence-electron chi connectivity index (χ1n) is 27.3. The molecule has 1 aliphatic heterocycles. The van der Waals surface area contributed by atoms with Gasteiger partial charge in [-0.1, -0.05) is 251 Å². The number of ether oxygens (including phenoxy) is 2. The number of carbonyl (C=O) groups excluding carboxylic acids is 1. The molecule has 0 aromatic rings. The van der Waals surface area contributed by atoms with Crippen LogP contribution in [0.25, 0.3) is 0 Å². The Bertz CT molecular complexity index is 973. The highest BCUT2D eigenvalue weighted by atomic mass is 16.7. The van der Waals surface area contributed by atoms with E-state index in [1.54, 1.807) is 0 Å². The SMILES string of the molecule is CCCCCCCCCCCCCCCCCCCCCCCCCCCCCCCC(=O)N[C@@H](CO[C@@H]1O[C@H](CO)[C@@H](O)C(O)C1O)[C@H](O)[C@H](O)CCCCCCCCCCC. The minimum absolute atomic E-state index is 0.253. The molecule has 2 unspecified atom stereocenters. The van der Waals surface area contributed by atoms with Gasteiger partial charge in [0, 0.05) is 6.42 Å². The predicted molar refractivity (Wildman–Crippen MR) is 260 cm³/mol. The summed E-state index contributed by atoms with van der Waals surface area (Å²) in [5, 5.41) is 65.2. The molecule has 0 radical (unpaired) electrons. The molecule has 10 heteroatoms. The van der Waals surface area contributed by atoms with Gasteiger partial charge in [0.1, 0.15) is 30.5 Å². The van der Waals surface area contributed by atoms with Gasteiger partial charge in [0.05, 0.1) is 25.4 Å². The zero-order valence-electron chi connectivity index (χ0n) is 41.2. The Balaban J connectivity index is 2.14. The Morgan fingerprint density at radius 2 is 0.825 bits per heavy atom. The largest absolute Gasteiger partial charge is 0.394 e. The van der Waals surface area contributed by atoms with Crippen LogP contribution in [0.15, 0.2) is 0 Å². The molecule has 0 saturated carbocycles. The maximum absolute atomic E-state index is 13.0. The predicted octanol–water partition coefficient (Wildman–Crippen LogP) is 11.7. The normalized spacial score (nSPS) is 20.5. The molecule has 0 aromatic carbocycles. The minimum atomic E-state index is -1.60. The summed E-state index contributed by atoms with van der Waals surface area (Å²) in [4.78, 5) is 13.0. The maximum Gasteiger partial charge on any atom is 0.220 e. The summed E-state index contributed by atoms with van der Waals surface area (Å²) in [6, 6.07) is -0.984. The topological polar surface area (TPSA) is 169 Å². The van der Waals surface area contributed by atoms with Crippen LogP contribution in [0, 0.1) is 0 Å². The molecule has 8 atom stereocenters. The van der Waals surface area contributed by atoms with E-state index in [1.807, 2.05) is 0 Å². The fourth-order valence-corrected chi connectivity index (χ4v) is 9.14. The second kappa shape index (κ2) is 43.7. The van der Waals surface area contributed by atoms with Crippen LogP contribution in [0.2, 0.25) is 0 Å². The van der Waals surface area contributed by atoms with Crippen LogP contribution < -0.4 is 5.32 Å². The third-order valence-electron chi connectivity index (χ3n) is 13.6. The van der Waals surface area contributed by atoms with Gasteiger partial charge in [-0.3, -0.25) is 4.79 Å². The highest BCUT2D eigenvalue weighted by Crippen LogP contribution is 2.23. The van der Waals surface area contributed by atoms with Crippen LogP contribution in [-0.4, -0.2) is 98.7 Å². The number of aliphatic hydroxyl groups excluding tert-OH is 6. The van der Waals surface area contributed by atoms with Crippen molar-refractivity contribution in [2.45, 2.75) is 320 Å². The summed E-state index contributed by atoms with van der Waals surface area (Å²) < 4.78 is 11.2. The van der Waals surface area contributed by atoms with Crippen LogP contribution in [0.5, 0.6) is 0 Å². The van der Waals surface area contributed by atoms with E-state index in [2.05, 4.69) is 19.2 Å². The molecular formula is C53H105NO9. The molecule has 1 heterocycles. The average Bonchev–Trinajstić information content (AvgIpc) is 3.28. The fraction of sp³-hybridized carbons (Fsp3) is 0.981. The third-order valence-corrected chi connectivity index (χ3v) is 13.6. The Kier molecular flexibility index (Phi) is 41.7. The Labute approximate surface area is 387 Å². The Morgan fingerprint density at radius 3 is 1.17 bits per heavy atom. The van der Waals surface area contributed by atoms with Crippen LogP contribution in [0.1, 0.15) is 271 Å². The van der Waals surface area contributed by atoms with Crippen LogP contribution in [0.4, 0.5) is 0 Å². The summed E-state index contributed by atoms with van der Waals surface area (Å²) in [7, 11) is 0. The number of amides is 1. The molecule has 10 nitrogen and oxygen atoms in total. The lowest BCUT2D eigenvalue weighted by Crippen LogP contribution is -2.60.